The molecule has 12 nitrogen and oxygen atoms in total. The van der Waals surface area contributed by atoms with E-state index in [2.05, 4.69) is 13.2 Å². The predicted octanol–water partition coefficient (Wildman–Crippen LogP) is 1.14. The topological polar surface area (TPSA) is 189 Å². The molecule has 2 rings (SSSR count). The number of quaternary nitrogens is 1. The van der Waals surface area contributed by atoms with E-state index in [1.807, 2.05) is 6.07 Å². The molecular weight excluding hydrogens is 597 g/mol. The van der Waals surface area contributed by atoms with Crippen LogP contribution in [-0.4, -0.2) is 88.8 Å². The number of esters is 1. The molecule has 0 aliphatic carbocycles. The zero-order chi connectivity index (χ0) is 34.1. The highest BCUT2D eigenvalue weighted by atomic mass is 31.0. The number of aliphatic hydroxyl groups is 3. The number of primary amides is 1. The van der Waals surface area contributed by atoms with Crippen LogP contribution in [0.1, 0.15) is 36.6 Å². The van der Waals surface area contributed by atoms with Gasteiger partial charge in [0.15, 0.2) is 0 Å². The summed E-state index contributed by atoms with van der Waals surface area (Å²) in [7, 11) is 5.21. The molecule has 1 aromatic rings. The molecule has 1 heterocycles. The summed E-state index contributed by atoms with van der Waals surface area (Å²) in [6, 6.07) is 4.13. The largest absolute Gasteiger partial charge is 0.466 e. The summed E-state index contributed by atoms with van der Waals surface area (Å²) in [5.41, 5.74) is 2.64. The number of methoxy groups -OCH3 is 1. The fourth-order valence-electron chi connectivity index (χ4n) is 4.56. The molecule has 1 aliphatic rings. The summed E-state index contributed by atoms with van der Waals surface area (Å²) in [6.45, 7) is 10.2. The van der Waals surface area contributed by atoms with E-state index in [1.165, 1.54) is 35.2 Å². The van der Waals surface area contributed by atoms with Crippen LogP contribution in [0.3, 0.4) is 0 Å². The predicted molar refractivity (Wildman–Crippen MR) is 163 cm³/mol. The molecular formula is C29H40F2N6O6P+. The molecule has 0 bridgehead atoms. The summed E-state index contributed by atoms with van der Waals surface area (Å²) >= 11 is 0. The third-order valence-corrected chi connectivity index (χ3v) is 7.10. The average Bonchev–Trinajstić information content (AvgIpc) is 2.95. The summed E-state index contributed by atoms with van der Waals surface area (Å²) in [4.78, 5) is 28.8. The number of alkyl halides is 2. The number of carbonyl (C=O) groups is 2. The van der Waals surface area contributed by atoms with Gasteiger partial charge in [-0.2, -0.15) is 14.0 Å². The minimum atomic E-state index is -3.39. The molecule has 5 atom stereocenters. The SMILES string of the molecule is C=C/C(=C\C(=C)C(F)(F)P)N1C(=N)N(C(N)=O)[C@H](c2ccc(C#N)cc2C[NH+](C)CC(O)C(C)O)C(C(=O)OC)=C1C.CO. The molecule has 44 heavy (non-hydrogen) atoms. The molecule has 0 radical (unpaired) electrons. The van der Waals surface area contributed by atoms with Crippen molar-refractivity contribution in [2.45, 2.75) is 44.3 Å². The van der Waals surface area contributed by atoms with Crippen LogP contribution in [0.15, 0.2) is 66.0 Å². The van der Waals surface area contributed by atoms with E-state index in [-0.39, 0.29) is 35.6 Å². The Morgan fingerprint density at radius 1 is 1.36 bits per heavy atom. The number of nitrogens with zero attached hydrogens (tertiary/aromatic N) is 3. The van der Waals surface area contributed by atoms with Crippen LogP contribution >= 0.6 is 9.24 Å². The van der Waals surface area contributed by atoms with Crippen LogP contribution in [0.2, 0.25) is 0 Å². The Balaban J connectivity index is 0.00000474. The maximum absolute atomic E-state index is 13.9. The zero-order valence-corrected chi connectivity index (χ0v) is 26.4. The number of guanidine groups is 1. The number of nitriles is 1. The van der Waals surface area contributed by atoms with Crippen molar-refractivity contribution in [2.75, 3.05) is 27.8 Å². The van der Waals surface area contributed by atoms with Gasteiger partial charge in [0.1, 0.15) is 25.2 Å². The van der Waals surface area contributed by atoms with Crippen molar-refractivity contribution in [1.82, 2.24) is 9.80 Å². The number of hydrogen-bond acceptors (Lipinski definition) is 8. The van der Waals surface area contributed by atoms with Crippen molar-refractivity contribution < 1.29 is 43.3 Å². The average molecular weight is 638 g/mol. The molecule has 0 saturated heterocycles. The van der Waals surface area contributed by atoms with Gasteiger partial charge in [0.05, 0.1) is 37.5 Å². The molecule has 4 unspecified atom stereocenters. The van der Waals surface area contributed by atoms with Gasteiger partial charge >= 0.3 is 12.0 Å². The van der Waals surface area contributed by atoms with Crippen LogP contribution in [0.5, 0.6) is 0 Å². The molecule has 0 fully saturated rings. The number of urea groups is 1. The van der Waals surface area contributed by atoms with E-state index >= 15 is 0 Å². The number of amides is 2. The Bertz CT molecular complexity index is 1390. The Morgan fingerprint density at radius 3 is 2.41 bits per heavy atom. The number of rotatable bonds is 11. The lowest BCUT2D eigenvalue weighted by Crippen LogP contribution is -3.09. The highest BCUT2D eigenvalue weighted by Crippen LogP contribution is 2.41. The second-order valence-electron chi connectivity index (χ2n) is 9.85. The number of carbonyl (C=O) groups excluding carboxylic acids is 2. The number of benzene rings is 1. The quantitative estimate of drug-likeness (QED) is 0.118. The van der Waals surface area contributed by atoms with Gasteiger partial charge in [-0.1, -0.05) is 28.5 Å². The van der Waals surface area contributed by atoms with E-state index in [9.17, 15) is 33.8 Å². The second kappa shape index (κ2) is 16.2. The first-order valence-electron chi connectivity index (χ1n) is 13.1. The van der Waals surface area contributed by atoms with Crippen molar-refractivity contribution in [2.24, 2.45) is 5.73 Å². The van der Waals surface area contributed by atoms with Crippen molar-refractivity contribution in [3.05, 3.63) is 82.7 Å². The minimum Gasteiger partial charge on any atom is -0.466 e. The molecule has 240 valence electrons. The van der Waals surface area contributed by atoms with Crippen molar-refractivity contribution in [3.8, 4) is 6.07 Å². The number of ether oxygens (including phenoxy) is 1. The highest BCUT2D eigenvalue weighted by Gasteiger charge is 2.45. The van der Waals surface area contributed by atoms with Gasteiger partial charge in [0.25, 0.3) is 5.66 Å². The number of allylic oxidation sites excluding steroid dienone is 4. The van der Waals surface area contributed by atoms with Crippen LogP contribution in [0.4, 0.5) is 13.6 Å². The smallest absolute Gasteiger partial charge is 0.338 e. The lowest BCUT2D eigenvalue weighted by Gasteiger charge is -2.43. The second-order valence-corrected chi connectivity index (χ2v) is 10.6. The van der Waals surface area contributed by atoms with E-state index in [0.29, 0.717) is 16.0 Å². The van der Waals surface area contributed by atoms with Gasteiger partial charge in [-0.3, -0.25) is 15.2 Å². The summed E-state index contributed by atoms with van der Waals surface area (Å²) in [6.07, 6.45) is 0.0795. The lowest BCUT2D eigenvalue weighted by molar-refractivity contribution is -0.897. The van der Waals surface area contributed by atoms with E-state index in [1.54, 1.807) is 13.1 Å². The molecule has 1 aromatic carbocycles. The number of hydrogen-bond donors (Lipinski definition) is 6. The molecule has 1 aliphatic heterocycles. The fraction of sp³-hybridized carbons (Fsp3) is 0.379. The monoisotopic (exact) mass is 637 g/mol. The van der Waals surface area contributed by atoms with Crippen LogP contribution in [-0.2, 0) is 16.1 Å². The van der Waals surface area contributed by atoms with Crippen molar-refractivity contribution in [1.29, 1.82) is 10.7 Å². The van der Waals surface area contributed by atoms with Crippen LogP contribution < -0.4 is 10.6 Å². The fourth-order valence-corrected chi connectivity index (χ4v) is 4.64. The molecule has 7 N–H and O–H groups in total. The molecule has 15 heteroatoms. The van der Waals surface area contributed by atoms with Gasteiger partial charge in [-0.15, -0.1) is 0 Å². The normalized spacial score (nSPS) is 17.5. The Hall–Kier alpha value is -3.99. The Labute approximate surface area is 257 Å². The number of nitrogens with one attached hydrogen (secondary N) is 2. The van der Waals surface area contributed by atoms with E-state index in [4.69, 9.17) is 21.0 Å². The van der Waals surface area contributed by atoms with Crippen LogP contribution in [0, 0.1) is 16.7 Å². The first kappa shape index (κ1) is 38.0. The maximum Gasteiger partial charge on any atom is 0.338 e. The summed E-state index contributed by atoms with van der Waals surface area (Å²) < 4.78 is 32.9. The highest BCUT2D eigenvalue weighted by molar-refractivity contribution is 7.18. The molecule has 2 amide bonds. The van der Waals surface area contributed by atoms with E-state index in [0.717, 1.165) is 36.2 Å². The first-order chi connectivity index (χ1) is 20.5. The number of aliphatic hydroxyl groups excluding tert-OH is 3. The first-order valence-corrected chi connectivity index (χ1v) is 13.7. The van der Waals surface area contributed by atoms with Gasteiger partial charge in [0.2, 0.25) is 5.96 Å². The lowest BCUT2D eigenvalue weighted by atomic mass is 9.88. The maximum atomic E-state index is 13.9. The van der Waals surface area contributed by atoms with Crippen molar-refractivity contribution in [3.63, 3.8) is 0 Å². The minimum absolute atomic E-state index is 0.0703. The molecule has 0 aromatic heterocycles. The van der Waals surface area contributed by atoms with Crippen molar-refractivity contribution >= 4 is 27.2 Å². The summed E-state index contributed by atoms with van der Waals surface area (Å²) in [5.74, 6) is -1.45. The van der Waals surface area contributed by atoms with Crippen LogP contribution in [0.25, 0.3) is 0 Å². The van der Waals surface area contributed by atoms with Gasteiger partial charge in [-0.25, -0.2) is 9.59 Å². The summed E-state index contributed by atoms with van der Waals surface area (Å²) in [5, 5.41) is 45.4. The van der Waals surface area contributed by atoms with Gasteiger partial charge < -0.3 is 30.7 Å². The number of halogens is 2. The number of nitrogens with two attached hydrogens (primary N) is 1. The van der Waals surface area contributed by atoms with E-state index < -0.39 is 47.4 Å². The molecule has 0 saturated carbocycles. The Kier molecular flexibility index (Phi) is 14.0. The number of likely N-dealkylation sites (N-methyl/N-ethyl adjacent to an activating group) is 1. The van der Waals surface area contributed by atoms with Gasteiger partial charge in [0, 0.05) is 29.6 Å². The standard InChI is InChI=1S/C28H35F2N6O5P.CH4O/c1-7-20(10-15(2)28(29,30)42)35-16(3)23(25(39)41-6)24(36(26(35)32)27(33)40)21-9-8-18(12-31)11-19(21)13-34(5)14-22(38)17(4)37;1-2/h7-11,17,22,24,32,37-38H,1-2,13-14,42H2,3-6H3,(H2,33,40);2H,1H3/p+1/b20-10+,32-26?;/t17?,22?,24-;/m1./s1. The molecule has 0 spiro atoms. The third-order valence-electron chi connectivity index (χ3n) is 6.73. The third kappa shape index (κ3) is 8.78. The Morgan fingerprint density at radius 2 is 1.95 bits per heavy atom. The van der Waals surface area contributed by atoms with Gasteiger partial charge in [-0.05, 0) is 43.7 Å². The zero-order valence-electron chi connectivity index (χ0n) is 25.3.